The Morgan fingerprint density at radius 1 is 1.32 bits per heavy atom. The number of rotatable bonds is 7. The highest BCUT2D eigenvalue weighted by Crippen LogP contribution is 2.18. The quantitative estimate of drug-likeness (QED) is 0.453. The van der Waals surface area contributed by atoms with E-state index in [1.165, 1.54) is 37.6 Å². The van der Waals surface area contributed by atoms with Crippen molar-refractivity contribution in [3.63, 3.8) is 0 Å². The highest BCUT2D eigenvalue weighted by atomic mass is 32.2. The monoisotopic (exact) mass is 442 g/mol. The molecule has 0 aliphatic rings. The number of halogens is 1. The molecule has 0 fully saturated rings. The van der Waals surface area contributed by atoms with E-state index in [9.17, 15) is 13.4 Å². The molecule has 1 unspecified atom stereocenters. The molecular weight excluding hydrogens is 423 g/mol. The predicted octanol–water partition coefficient (Wildman–Crippen LogP) is 1.74. The lowest BCUT2D eigenvalue weighted by molar-refractivity contribution is 0.0948. The van der Waals surface area contributed by atoms with E-state index in [4.69, 9.17) is 4.74 Å². The summed E-state index contributed by atoms with van der Waals surface area (Å²) in [6.45, 7) is 0.731. The van der Waals surface area contributed by atoms with Gasteiger partial charge in [0, 0.05) is 25.5 Å². The lowest BCUT2D eigenvalue weighted by atomic mass is 10.2. The molecule has 5 rings (SSSR count). The fraction of sp³-hybridized carbons (Fsp3) is 0.200. The van der Waals surface area contributed by atoms with Crippen molar-refractivity contribution in [2.75, 3.05) is 19.9 Å². The second-order valence-electron chi connectivity index (χ2n) is 6.57. The number of hydrogen-bond acceptors (Lipinski definition) is 6. The van der Waals surface area contributed by atoms with Crippen molar-refractivity contribution in [1.82, 2.24) is 24.8 Å². The van der Waals surface area contributed by atoms with E-state index < -0.39 is 10.8 Å². The molecular formula is C20H19FN6O3S. The van der Waals surface area contributed by atoms with Crippen molar-refractivity contribution in [2.24, 2.45) is 4.99 Å². The van der Waals surface area contributed by atoms with Crippen molar-refractivity contribution in [3.05, 3.63) is 59.5 Å². The maximum atomic E-state index is 13.1. The van der Waals surface area contributed by atoms with Gasteiger partial charge in [-0.3, -0.25) is 13.6 Å². The Morgan fingerprint density at radius 2 is 2.10 bits per heavy atom. The lowest BCUT2D eigenvalue weighted by Gasteiger charge is -2.19. The topological polar surface area (TPSA) is 114 Å². The zero-order valence-electron chi connectivity index (χ0n) is 16.8. The van der Waals surface area contributed by atoms with Crippen molar-refractivity contribution >= 4 is 33.8 Å². The molecule has 2 N–H and O–H groups in total. The zero-order valence-corrected chi connectivity index (χ0v) is 17.6. The van der Waals surface area contributed by atoms with E-state index in [2.05, 4.69) is 25.3 Å². The van der Waals surface area contributed by atoms with Gasteiger partial charge in [-0.1, -0.05) is 0 Å². The average Bonchev–Trinajstić information content (AvgIpc) is 2.77. The maximum absolute atomic E-state index is 13.1. The van der Waals surface area contributed by atoms with E-state index in [1.807, 2.05) is 4.57 Å². The van der Waals surface area contributed by atoms with Crippen LogP contribution in [0.3, 0.4) is 0 Å². The van der Waals surface area contributed by atoms with Crippen LogP contribution in [0.25, 0.3) is 11.4 Å². The molecule has 4 heterocycles. The summed E-state index contributed by atoms with van der Waals surface area (Å²) in [7, 11) is 0.0825. The van der Waals surface area contributed by atoms with Gasteiger partial charge in [-0.25, -0.2) is 14.4 Å². The Balaban J connectivity index is 1.54. The van der Waals surface area contributed by atoms with E-state index in [-0.39, 0.29) is 17.6 Å². The zero-order chi connectivity index (χ0) is 22.0. The molecule has 1 amide bonds. The van der Waals surface area contributed by atoms with Crippen molar-refractivity contribution in [1.29, 1.82) is 0 Å². The van der Waals surface area contributed by atoms with E-state index in [0.29, 0.717) is 46.1 Å². The standard InChI is InChI=1S/C20H19FN6O3S/c1-30-19-14(4-3-9-23-19)18(28)22-10-11-27-17-15(31(2)29)16(25-20(27)26-17)24-13-7-5-12(21)6-8-13/h3-9H,10-11H2,1-2H3,(H,22,28)(H,24,25,26). The molecule has 0 aliphatic heterocycles. The minimum absolute atomic E-state index is 0.250. The number of nitrogens with one attached hydrogen (secondary N) is 2. The van der Waals surface area contributed by atoms with Gasteiger partial charge in [0.1, 0.15) is 21.9 Å². The molecule has 1 atom stereocenters. The first-order valence-corrected chi connectivity index (χ1v) is 10.9. The maximum Gasteiger partial charge on any atom is 0.256 e. The molecule has 0 aliphatic carbocycles. The minimum Gasteiger partial charge on any atom is -0.480 e. The van der Waals surface area contributed by atoms with Crippen LogP contribution in [-0.4, -0.2) is 49.5 Å². The van der Waals surface area contributed by atoms with Gasteiger partial charge in [0.15, 0.2) is 5.49 Å². The Labute approximate surface area is 178 Å². The number of amides is 1. The number of ether oxygens (including phenoxy) is 1. The molecule has 11 heteroatoms. The molecule has 9 nitrogen and oxygen atoms in total. The third-order valence-corrected chi connectivity index (χ3v) is 5.52. The van der Waals surface area contributed by atoms with Crippen molar-refractivity contribution < 1.29 is 18.1 Å². The summed E-state index contributed by atoms with van der Waals surface area (Å²) in [5, 5.41) is 2.81. The Morgan fingerprint density at radius 3 is 2.81 bits per heavy atom. The molecule has 0 saturated carbocycles. The first-order chi connectivity index (χ1) is 15.0. The number of carbonyl (C=O) groups excluding carboxylic acids is 1. The number of benzene rings is 1. The summed E-state index contributed by atoms with van der Waals surface area (Å²) < 4.78 is 32.4. The van der Waals surface area contributed by atoms with Gasteiger partial charge in [0.25, 0.3) is 5.91 Å². The third-order valence-electron chi connectivity index (χ3n) is 4.56. The summed E-state index contributed by atoms with van der Waals surface area (Å²) in [4.78, 5) is 28.7. The van der Waals surface area contributed by atoms with Crippen LogP contribution in [0.2, 0.25) is 0 Å². The summed E-state index contributed by atoms with van der Waals surface area (Å²) in [5.74, 6) is 0.119. The molecule has 31 heavy (non-hydrogen) atoms. The van der Waals surface area contributed by atoms with Crippen molar-refractivity contribution in [2.45, 2.75) is 11.4 Å². The molecule has 160 valence electrons. The van der Waals surface area contributed by atoms with Gasteiger partial charge in [-0.2, -0.15) is 4.98 Å². The third kappa shape index (κ3) is 4.17. The second-order valence-corrected chi connectivity index (χ2v) is 7.89. The Kier molecular flexibility index (Phi) is 5.76. The fourth-order valence-corrected chi connectivity index (χ4v) is 3.90. The van der Waals surface area contributed by atoms with Gasteiger partial charge in [0.05, 0.1) is 23.6 Å². The second kappa shape index (κ2) is 8.64. The van der Waals surface area contributed by atoms with Gasteiger partial charge < -0.3 is 15.0 Å². The summed E-state index contributed by atoms with van der Waals surface area (Å²) >= 11 is 0. The van der Waals surface area contributed by atoms with Crippen LogP contribution < -0.4 is 15.5 Å². The Bertz CT molecular complexity index is 1310. The van der Waals surface area contributed by atoms with Crippen molar-refractivity contribution in [3.8, 4) is 5.88 Å². The Hall–Kier alpha value is -3.60. The molecule has 2 bridgehead atoms. The molecule has 0 saturated heterocycles. The first kappa shape index (κ1) is 20.7. The largest absolute Gasteiger partial charge is 0.480 e. The number of pyridine rings is 1. The van der Waals surface area contributed by atoms with Crippen LogP contribution in [0.5, 0.6) is 5.88 Å². The van der Waals surface area contributed by atoms with E-state index >= 15 is 0 Å². The summed E-state index contributed by atoms with van der Waals surface area (Å²) in [6, 6.07) is 8.94. The predicted molar refractivity (Wildman–Crippen MR) is 112 cm³/mol. The molecule has 1 aromatic carbocycles. The smallest absolute Gasteiger partial charge is 0.256 e. The van der Waals surface area contributed by atoms with Crippen LogP contribution in [0.15, 0.2) is 52.5 Å². The van der Waals surface area contributed by atoms with Gasteiger partial charge >= 0.3 is 0 Å². The van der Waals surface area contributed by atoms with Crippen LogP contribution in [0.4, 0.5) is 10.1 Å². The first-order valence-electron chi connectivity index (χ1n) is 9.30. The summed E-state index contributed by atoms with van der Waals surface area (Å²) in [6.07, 6.45) is 3.09. The molecule has 5 aromatic rings. The highest BCUT2D eigenvalue weighted by molar-refractivity contribution is 7.84. The number of aromatic nitrogens is 4. The molecule has 0 spiro atoms. The van der Waals surface area contributed by atoms with Gasteiger partial charge in [0.2, 0.25) is 11.7 Å². The van der Waals surface area contributed by atoms with E-state index in [0.717, 1.165) is 0 Å². The van der Waals surface area contributed by atoms with E-state index in [1.54, 1.807) is 18.3 Å². The lowest BCUT2D eigenvalue weighted by Crippen LogP contribution is -2.32. The van der Waals surface area contributed by atoms with Crippen LogP contribution >= 0.6 is 0 Å². The van der Waals surface area contributed by atoms with Gasteiger partial charge in [-0.15, -0.1) is 0 Å². The number of aromatic amines is 1. The molecule has 4 aromatic heterocycles. The summed E-state index contributed by atoms with van der Waals surface area (Å²) in [5.41, 5.74) is 1.79. The van der Waals surface area contributed by atoms with Crippen LogP contribution in [-0.2, 0) is 17.3 Å². The van der Waals surface area contributed by atoms with Gasteiger partial charge in [-0.05, 0) is 36.4 Å². The van der Waals surface area contributed by atoms with Crippen LogP contribution in [0.1, 0.15) is 10.4 Å². The average molecular weight is 442 g/mol. The molecule has 0 radical (unpaired) electrons. The highest BCUT2D eigenvalue weighted by Gasteiger charge is 2.19. The number of methoxy groups -OCH3 is 1. The number of nitrogens with zero attached hydrogens (tertiary/aromatic N) is 4. The normalized spacial score (nSPS) is 12.9. The fourth-order valence-electron chi connectivity index (χ4n) is 3.12. The SMILES string of the molecule is COc1ncccc1C(=O)NCCn1c2nc(=Nc3ccc(F)cc3)c(S(C)=O)c1[nH]2. The number of hydrogen-bond donors (Lipinski definition) is 2. The van der Waals surface area contributed by atoms with Crippen LogP contribution in [0, 0.1) is 5.82 Å². The number of carbonyl (C=O) groups is 1. The minimum atomic E-state index is -1.37. The number of H-pyrrole nitrogens is 1. The number of fused-ring (bicyclic) bond motifs is 2.